The summed E-state index contributed by atoms with van der Waals surface area (Å²) in [4.78, 5) is 13.8. The third-order valence-corrected chi connectivity index (χ3v) is 2.94. The van der Waals surface area contributed by atoms with Crippen molar-refractivity contribution < 1.29 is 9.90 Å². The first-order valence-corrected chi connectivity index (χ1v) is 6.46. The lowest BCUT2D eigenvalue weighted by molar-refractivity contribution is 0.0952. The Morgan fingerprint density at radius 3 is 2.43 bits per heavy atom. The molecule has 1 amide bonds. The Morgan fingerprint density at radius 1 is 1.14 bits per heavy atom. The lowest BCUT2D eigenvalue weighted by Gasteiger charge is -2.11. The Morgan fingerprint density at radius 2 is 1.81 bits per heavy atom. The number of carbonyl (C=O) groups excluding carboxylic acids is 1. The van der Waals surface area contributed by atoms with Crippen LogP contribution in [0.25, 0.3) is 0 Å². The number of anilines is 1. The third kappa shape index (κ3) is 3.82. The van der Waals surface area contributed by atoms with Gasteiger partial charge in [-0.2, -0.15) is 5.10 Å². The van der Waals surface area contributed by atoms with Gasteiger partial charge in [0.2, 0.25) is 0 Å². The number of nitrogens with zero attached hydrogens (tertiary/aromatic N) is 2. The third-order valence-electron chi connectivity index (χ3n) is 2.94. The smallest absolute Gasteiger partial charge is 0.275 e. The van der Waals surface area contributed by atoms with Crippen LogP contribution in [0.4, 0.5) is 5.69 Å². The van der Waals surface area contributed by atoms with E-state index in [9.17, 15) is 9.90 Å². The van der Waals surface area contributed by atoms with E-state index in [1.165, 1.54) is 12.1 Å². The molecule has 0 atom stereocenters. The van der Waals surface area contributed by atoms with E-state index in [0.29, 0.717) is 0 Å². The van der Waals surface area contributed by atoms with Gasteiger partial charge in [-0.05, 0) is 29.8 Å². The molecule has 5 nitrogen and oxygen atoms in total. The highest BCUT2D eigenvalue weighted by molar-refractivity contribution is 5.97. The highest BCUT2D eigenvalue weighted by atomic mass is 16.3. The van der Waals surface area contributed by atoms with E-state index < -0.39 is 5.91 Å². The standard InChI is InChI=1S/C16H17N3O2/c1-19(2)13-9-7-12(8-10-13)11-17-18-16(21)14-5-3-4-6-15(14)20/h3-11,20H,1-2H3,(H,18,21)/b17-11-. The molecule has 0 unspecified atom stereocenters. The van der Waals surface area contributed by atoms with Gasteiger partial charge in [0, 0.05) is 19.8 Å². The normalized spacial score (nSPS) is 10.6. The van der Waals surface area contributed by atoms with Crippen LogP contribution in [-0.2, 0) is 0 Å². The molecule has 0 saturated carbocycles. The molecule has 0 saturated heterocycles. The van der Waals surface area contributed by atoms with Gasteiger partial charge in [-0.25, -0.2) is 5.43 Å². The molecule has 2 aromatic carbocycles. The number of para-hydroxylation sites is 1. The minimum absolute atomic E-state index is 0.0689. The van der Waals surface area contributed by atoms with Crippen molar-refractivity contribution in [1.29, 1.82) is 0 Å². The molecule has 2 N–H and O–H groups in total. The number of hydrazone groups is 1. The maximum atomic E-state index is 11.8. The summed E-state index contributed by atoms with van der Waals surface area (Å²) in [5, 5.41) is 13.4. The summed E-state index contributed by atoms with van der Waals surface area (Å²) in [6, 6.07) is 14.1. The van der Waals surface area contributed by atoms with Gasteiger partial charge >= 0.3 is 0 Å². The fourth-order valence-corrected chi connectivity index (χ4v) is 1.75. The van der Waals surface area contributed by atoms with Crippen LogP contribution in [-0.4, -0.2) is 31.3 Å². The molecule has 0 fully saturated rings. The maximum Gasteiger partial charge on any atom is 0.275 e. The zero-order valence-electron chi connectivity index (χ0n) is 11.9. The summed E-state index contributed by atoms with van der Waals surface area (Å²) in [6.45, 7) is 0. The van der Waals surface area contributed by atoms with Gasteiger partial charge in [-0.1, -0.05) is 24.3 Å². The van der Waals surface area contributed by atoms with Crippen LogP contribution in [0.5, 0.6) is 5.75 Å². The van der Waals surface area contributed by atoms with Crippen molar-refractivity contribution in [2.24, 2.45) is 5.10 Å². The maximum absolute atomic E-state index is 11.8. The Hall–Kier alpha value is -2.82. The summed E-state index contributed by atoms with van der Waals surface area (Å²) in [5.41, 5.74) is 4.54. The molecular formula is C16H17N3O2. The number of hydrogen-bond donors (Lipinski definition) is 2. The van der Waals surface area contributed by atoms with Crippen molar-refractivity contribution in [2.45, 2.75) is 0 Å². The summed E-state index contributed by atoms with van der Waals surface area (Å²) in [5.74, 6) is -0.519. The van der Waals surface area contributed by atoms with Gasteiger partial charge in [-0.15, -0.1) is 0 Å². The van der Waals surface area contributed by atoms with E-state index in [0.717, 1.165) is 11.3 Å². The van der Waals surface area contributed by atoms with Crippen LogP contribution in [0.2, 0.25) is 0 Å². The van der Waals surface area contributed by atoms with E-state index in [2.05, 4.69) is 10.5 Å². The summed E-state index contributed by atoms with van der Waals surface area (Å²) in [6.07, 6.45) is 1.55. The summed E-state index contributed by atoms with van der Waals surface area (Å²) >= 11 is 0. The van der Waals surface area contributed by atoms with Crippen LogP contribution in [0.15, 0.2) is 53.6 Å². The van der Waals surface area contributed by atoms with Crippen molar-refractivity contribution >= 4 is 17.8 Å². The lowest BCUT2D eigenvalue weighted by atomic mass is 10.2. The fourth-order valence-electron chi connectivity index (χ4n) is 1.75. The van der Waals surface area contributed by atoms with E-state index in [1.807, 2.05) is 43.3 Å². The fraction of sp³-hybridized carbons (Fsp3) is 0.125. The zero-order valence-corrected chi connectivity index (χ0v) is 11.9. The van der Waals surface area contributed by atoms with Crippen LogP contribution in [0.3, 0.4) is 0 Å². The first-order valence-electron chi connectivity index (χ1n) is 6.46. The molecule has 0 aliphatic rings. The predicted molar refractivity (Wildman–Crippen MR) is 83.9 cm³/mol. The van der Waals surface area contributed by atoms with Gasteiger partial charge < -0.3 is 10.0 Å². The van der Waals surface area contributed by atoms with Gasteiger partial charge in [-0.3, -0.25) is 4.79 Å². The number of phenols is 1. The minimum atomic E-state index is -0.450. The molecule has 2 rings (SSSR count). The molecule has 21 heavy (non-hydrogen) atoms. The Balaban J connectivity index is 1.99. The SMILES string of the molecule is CN(C)c1ccc(/C=N\NC(=O)c2ccccc2O)cc1. The number of amides is 1. The molecule has 0 aliphatic carbocycles. The zero-order chi connectivity index (χ0) is 15.2. The Kier molecular flexibility index (Phi) is 4.56. The molecule has 0 aromatic heterocycles. The van der Waals surface area contributed by atoms with E-state index in [-0.39, 0.29) is 11.3 Å². The quantitative estimate of drug-likeness (QED) is 0.668. The molecular weight excluding hydrogens is 266 g/mol. The highest BCUT2D eigenvalue weighted by Gasteiger charge is 2.08. The summed E-state index contributed by atoms with van der Waals surface area (Å²) < 4.78 is 0. The van der Waals surface area contributed by atoms with Crippen LogP contribution in [0.1, 0.15) is 15.9 Å². The molecule has 0 radical (unpaired) electrons. The molecule has 5 heteroatoms. The van der Waals surface area contributed by atoms with Gasteiger partial charge in [0.25, 0.3) is 5.91 Å². The number of carbonyl (C=O) groups is 1. The van der Waals surface area contributed by atoms with E-state index >= 15 is 0 Å². The number of nitrogens with one attached hydrogen (secondary N) is 1. The van der Waals surface area contributed by atoms with Gasteiger partial charge in [0.1, 0.15) is 5.75 Å². The van der Waals surface area contributed by atoms with Crippen LogP contribution >= 0.6 is 0 Å². The number of rotatable bonds is 4. The van der Waals surface area contributed by atoms with Gasteiger partial charge in [0.05, 0.1) is 11.8 Å². The molecule has 0 aliphatic heterocycles. The monoisotopic (exact) mass is 283 g/mol. The average molecular weight is 283 g/mol. The first kappa shape index (κ1) is 14.6. The average Bonchev–Trinajstić information content (AvgIpc) is 2.48. The van der Waals surface area contributed by atoms with E-state index in [4.69, 9.17) is 0 Å². The number of hydrogen-bond acceptors (Lipinski definition) is 4. The molecule has 108 valence electrons. The van der Waals surface area contributed by atoms with Crippen molar-refractivity contribution in [3.63, 3.8) is 0 Å². The Labute approximate surface area is 123 Å². The number of phenolic OH excluding ortho intramolecular Hbond substituents is 1. The molecule has 2 aromatic rings. The summed E-state index contributed by atoms with van der Waals surface area (Å²) in [7, 11) is 3.94. The van der Waals surface area contributed by atoms with Crippen molar-refractivity contribution in [3.8, 4) is 5.75 Å². The molecule has 0 spiro atoms. The van der Waals surface area contributed by atoms with Crippen LogP contribution in [0, 0.1) is 0 Å². The molecule has 0 bridgehead atoms. The Bertz CT molecular complexity index is 649. The number of benzene rings is 2. The topological polar surface area (TPSA) is 64.9 Å². The second-order valence-corrected chi connectivity index (χ2v) is 4.70. The predicted octanol–water partition coefficient (Wildman–Crippen LogP) is 2.22. The van der Waals surface area contributed by atoms with Crippen molar-refractivity contribution in [1.82, 2.24) is 5.43 Å². The van der Waals surface area contributed by atoms with Gasteiger partial charge in [0.15, 0.2) is 0 Å². The highest BCUT2D eigenvalue weighted by Crippen LogP contribution is 2.15. The second-order valence-electron chi connectivity index (χ2n) is 4.70. The van der Waals surface area contributed by atoms with E-state index in [1.54, 1.807) is 18.3 Å². The largest absolute Gasteiger partial charge is 0.507 e. The minimum Gasteiger partial charge on any atom is -0.507 e. The van der Waals surface area contributed by atoms with Crippen LogP contribution < -0.4 is 10.3 Å². The van der Waals surface area contributed by atoms with Crippen molar-refractivity contribution in [2.75, 3.05) is 19.0 Å². The first-order chi connectivity index (χ1) is 10.1. The molecule has 0 heterocycles. The number of aromatic hydroxyl groups is 1. The second kappa shape index (κ2) is 6.56. The van der Waals surface area contributed by atoms with Crippen molar-refractivity contribution in [3.05, 3.63) is 59.7 Å². The lowest BCUT2D eigenvalue weighted by Crippen LogP contribution is -2.17.